The molecule has 94 valence electrons. The molecule has 1 aliphatic rings. The largest absolute Gasteiger partial charge is 0.275 e. The lowest BCUT2D eigenvalue weighted by Gasteiger charge is -2.11. The van der Waals surface area contributed by atoms with Crippen LogP contribution in [0.3, 0.4) is 0 Å². The van der Waals surface area contributed by atoms with Gasteiger partial charge in [0.15, 0.2) is 0 Å². The standard InChI is InChI=1S/C15H19N3/c1-11-7-13(14-9-16-18(2)10-14)8-15(17-11)12-5-3-4-6-12/h7-10,12H,3-6H2,1-2H3. The molecule has 1 aliphatic carbocycles. The zero-order chi connectivity index (χ0) is 12.5. The van der Waals surface area contributed by atoms with Gasteiger partial charge < -0.3 is 0 Å². The van der Waals surface area contributed by atoms with Gasteiger partial charge in [-0.2, -0.15) is 5.10 Å². The van der Waals surface area contributed by atoms with Gasteiger partial charge in [0.05, 0.1) is 6.20 Å². The highest BCUT2D eigenvalue weighted by Gasteiger charge is 2.19. The molecule has 0 unspecified atom stereocenters. The highest BCUT2D eigenvalue weighted by molar-refractivity contribution is 5.62. The molecule has 3 nitrogen and oxygen atoms in total. The quantitative estimate of drug-likeness (QED) is 0.806. The fraction of sp³-hybridized carbons (Fsp3) is 0.467. The van der Waals surface area contributed by atoms with Crippen molar-refractivity contribution in [3.8, 4) is 11.1 Å². The SMILES string of the molecule is Cc1cc(-c2cnn(C)c2)cc(C2CCCC2)n1. The Hall–Kier alpha value is -1.64. The van der Waals surface area contributed by atoms with Gasteiger partial charge in [0.25, 0.3) is 0 Å². The molecular formula is C15H19N3. The van der Waals surface area contributed by atoms with Crippen LogP contribution in [0, 0.1) is 6.92 Å². The van der Waals surface area contributed by atoms with E-state index in [1.807, 2.05) is 17.9 Å². The zero-order valence-electron chi connectivity index (χ0n) is 11.1. The number of aromatic nitrogens is 3. The molecule has 0 bridgehead atoms. The third-order valence-electron chi connectivity index (χ3n) is 3.78. The van der Waals surface area contributed by atoms with Gasteiger partial charge in [0, 0.05) is 36.1 Å². The summed E-state index contributed by atoms with van der Waals surface area (Å²) in [5, 5.41) is 4.25. The van der Waals surface area contributed by atoms with Crippen molar-refractivity contribution in [2.75, 3.05) is 0 Å². The molecule has 0 spiro atoms. The predicted octanol–water partition coefficient (Wildman–Crippen LogP) is 3.45. The van der Waals surface area contributed by atoms with Gasteiger partial charge in [-0.25, -0.2) is 0 Å². The number of aryl methyl sites for hydroxylation is 2. The summed E-state index contributed by atoms with van der Waals surface area (Å²) >= 11 is 0. The Kier molecular flexibility index (Phi) is 2.90. The van der Waals surface area contributed by atoms with Crippen molar-refractivity contribution in [1.82, 2.24) is 14.8 Å². The molecule has 0 amide bonds. The summed E-state index contributed by atoms with van der Waals surface area (Å²) in [6.07, 6.45) is 9.28. The minimum atomic E-state index is 0.667. The van der Waals surface area contributed by atoms with Gasteiger partial charge in [-0.05, 0) is 37.5 Å². The monoisotopic (exact) mass is 241 g/mol. The fourth-order valence-electron chi connectivity index (χ4n) is 2.86. The average molecular weight is 241 g/mol. The first-order valence-corrected chi connectivity index (χ1v) is 6.70. The molecule has 0 atom stereocenters. The third kappa shape index (κ3) is 2.17. The first-order valence-electron chi connectivity index (χ1n) is 6.70. The van der Waals surface area contributed by atoms with Gasteiger partial charge in [-0.15, -0.1) is 0 Å². The van der Waals surface area contributed by atoms with Crippen molar-refractivity contribution >= 4 is 0 Å². The summed E-state index contributed by atoms with van der Waals surface area (Å²) in [7, 11) is 1.95. The van der Waals surface area contributed by atoms with E-state index in [0.29, 0.717) is 5.92 Å². The number of hydrogen-bond acceptors (Lipinski definition) is 2. The van der Waals surface area contributed by atoms with Crippen LogP contribution >= 0.6 is 0 Å². The van der Waals surface area contributed by atoms with Crippen LogP contribution in [0.4, 0.5) is 0 Å². The average Bonchev–Trinajstić information content (AvgIpc) is 2.98. The van der Waals surface area contributed by atoms with Crippen molar-refractivity contribution in [3.63, 3.8) is 0 Å². The molecule has 1 saturated carbocycles. The summed E-state index contributed by atoms with van der Waals surface area (Å²) in [5.41, 5.74) is 4.81. The Morgan fingerprint density at radius 2 is 1.94 bits per heavy atom. The van der Waals surface area contributed by atoms with Gasteiger partial charge in [-0.3, -0.25) is 9.67 Å². The lowest BCUT2D eigenvalue weighted by Crippen LogP contribution is -1.98. The van der Waals surface area contributed by atoms with Crippen LogP contribution in [0.15, 0.2) is 24.5 Å². The summed E-state index contributed by atoms with van der Waals surface area (Å²) in [4.78, 5) is 4.72. The van der Waals surface area contributed by atoms with E-state index in [0.717, 1.165) is 5.69 Å². The van der Waals surface area contributed by atoms with Crippen LogP contribution < -0.4 is 0 Å². The van der Waals surface area contributed by atoms with Crippen LogP contribution in [0.1, 0.15) is 43.0 Å². The molecule has 1 fully saturated rings. The van der Waals surface area contributed by atoms with E-state index in [2.05, 4.69) is 30.4 Å². The maximum atomic E-state index is 4.72. The lowest BCUT2D eigenvalue weighted by molar-refractivity contribution is 0.695. The van der Waals surface area contributed by atoms with E-state index in [-0.39, 0.29) is 0 Å². The van der Waals surface area contributed by atoms with Crippen molar-refractivity contribution in [2.45, 2.75) is 38.5 Å². The van der Waals surface area contributed by atoms with Crippen LogP contribution in [0.5, 0.6) is 0 Å². The summed E-state index contributed by atoms with van der Waals surface area (Å²) in [5.74, 6) is 0.667. The van der Waals surface area contributed by atoms with Crippen LogP contribution in [-0.4, -0.2) is 14.8 Å². The van der Waals surface area contributed by atoms with E-state index in [9.17, 15) is 0 Å². The Balaban J connectivity index is 1.99. The Labute approximate surface area is 108 Å². The summed E-state index contributed by atoms with van der Waals surface area (Å²) in [6.45, 7) is 2.08. The number of pyridine rings is 1. The molecular weight excluding hydrogens is 222 g/mol. The summed E-state index contributed by atoms with van der Waals surface area (Å²) < 4.78 is 1.85. The number of hydrogen-bond donors (Lipinski definition) is 0. The van der Waals surface area contributed by atoms with Crippen molar-refractivity contribution in [1.29, 1.82) is 0 Å². The molecule has 0 aromatic carbocycles. The molecule has 0 N–H and O–H groups in total. The van der Waals surface area contributed by atoms with E-state index >= 15 is 0 Å². The van der Waals surface area contributed by atoms with Crippen molar-refractivity contribution in [2.24, 2.45) is 7.05 Å². The Morgan fingerprint density at radius 3 is 2.61 bits per heavy atom. The fourth-order valence-corrected chi connectivity index (χ4v) is 2.86. The minimum Gasteiger partial charge on any atom is -0.275 e. The van der Waals surface area contributed by atoms with E-state index in [1.54, 1.807) is 0 Å². The maximum absolute atomic E-state index is 4.72. The topological polar surface area (TPSA) is 30.7 Å². The van der Waals surface area contributed by atoms with Crippen LogP contribution in [0.2, 0.25) is 0 Å². The van der Waals surface area contributed by atoms with Gasteiger partial charge >= 0.3 is 0 Å². The van der Waals surface area contributed by atoms with E-state index < -0.39 is 0 Å². The first kappa shape index (κ1) is 11.5. The smallest absolute Gasteiger partial charge is 0.0568 e. The Bertz CT molecular complexity index is 551. The molecule has 0 saturated heterocycles. The van der Waals surface area contributed by atoms with Gasteiger partial charge in [0.2, 0.25) is 0 Å². The molecule has 3 rings (SSSR count). The molecule has 0 aliphatic heterocycles. The van der Waals surface area contributed by atoms with E-state index in [1.165, 1.54) is 42.5 Å². The van der Waals surface area contributed by atoms with Gasteiger partial charge in [-0.1, -0.05) is 12.8 Å². The predicted molar refractivity (Wildman–Crippen MR) is 72.4 cm³/mol. The summed E-state index contributed by atoms with van der Waals surface area (Å²) in [6, 6.07) is 4.40. The second-order valence-electron chi connectivity index (χ2n) is 5.31. The van der Waals surface area contributed by atoms with Crippen molar-refractivity contribution < 1.29 is 0 Å². The van der Waals surface area contributed by atoms with Crippen LogP contribution in [0.25, 0.3) is 11.1 Å². The molecule has 2 heterocycles. The van der Waals surface area contributed by atoms with Crippen molar-refractivity contribution in [3.05, 3.63) is 35.9 Å². The number of rotatable bonds is 2. The Morgan fingerprint density at radius 1 is 1.17 bits per heavy atom. The second-order valence-corrected chi connectivity index (χ2v) is 5.31. The number of nitrogens with zero attached hydrogens (tertiary/aromatic N) is 3. The third-order valence-corrected chi connectivity index (χ3v) is 3.78. The first-order chi connectivity index (χ1) is 8.72. The maximum Gasteiger partial charge on any atom is 0.0568 e. The second kappa shape index (κ2) is 4.56. The highest BCUT2D eigenvalue weighted by Crippen LogP contribution is 2.34. The normalized spacial score (nSPS) is 16.3. The highest BCUT2D eigenvalue weighted by atomic mass is 15.2. The molecule has 18 heavy (non-hydrogen) atoms. The zero-order valence-corrected chi connectivity index (χ0v) is 11.1. The molecule has 2 aromatic rings. The lowest BCUT2D eigenvalue weighted by atomic mass is 9.99. The van der Waals surface area contributed by atoms with Gasteiger partial charge in [0.1, 0.15) is 0 Å². The molecule has 2 aromatic heterocycles. The van der Waals surface area contributed by atoms with Crippen LogP contribution in [-0.2, 0) is 7.05 Å². The minimum absolute atomic E-state index is 0.667. The molecule has 0 radical (unpaired) electrons. The molecule has 3 heteroatoms. The van der Waals surface area contributed by atoms with E-state index in [4.69, 9.17) is 4.98 Å².